The molecule has 82 valence electrons. The van der Waals surface area contributed by atoms with Crippen molar-refractivity contribution in [3.63, 3.8) is 0 Å². The lowest BCUT2D eigenvalue weighted by atomic mass is 10.1. The van der Waals surface area contributed by atoms with Gasteiger partial charge < -0.3 is 5.32 Å². The van der Waals surface area contributed by atoms with Crippen molar-refractivity contribution < 1.29 is 9.59 Å². The molecular weight excluding hydrogens is 226 g/mol. The Kier molecular flexibility index (Phi) is 4.56. The quantitative estimate of drug-likeness (QED) is 0.626. The van der Waals surface area contributed by atoms with Crippen molar-refractivity contribution in [3.8, 4) is 11.8 Å². The molecule has 0 fully saturated rings. The minimum atomic E-state index is -0.128. The minimum absolute atomic E-state index is 0.128. The fourth-order valence-electron chi connectivity index (χ4n) is 1.01. The lowest BCUT2D eigenvalue weighted by Crippen LogP contribution is -2.19. The largest absolute Gasteiger partial charge is 0.345 e. The lowest BCUT2D eigenvalue weighted by Gasteiger charge is -1.96. The zero-order valence-corrected chi connectivity index (χ0v) is 9.47. The molecule has 1 amide bonds. The summed E-state index contributed by atoms with van der Waals surface area (Å²) in [6.45, 7) is 1.70. The van der Waals surface area contributed by atoms with Crippen LogP contribution < -0.4 is 5.32 Å². The molecule has 0 radical (unpaired) electrons. The Hall–Kier alpha value is -1.79. The van der Waals surface area contributed by atoms with E-state index in [0.717, 1.165) is 6.29 Å². The van der Waals surface area contributed by atoms with Crippen LogP contribution in [-0.2, 0) is 4.79 Å². The first-order valence-electron chi connectivity index (χ1n) is 4.61. The van der Waals surface area contributed by atoms with Gasteiger partial charge in [-0.25, -0.2) is 0 Å². The van der Waals surface area contributed by atoms with Gasteiger partial charge in [0, 0.05) is 18.1 Å². The van der Waals surface area contributed by atoms with Crippen LogP contribution in [-0.4, -0.2) is 18.7 Å². The molecular formula is C12H10ClNO2. The number of halogens is 1. The minimum Gasteiger partial charge on any atom is -0.345 e. The summed E-state index contributed by atoms with van der Waals surface area (Å²) in [6, 6.07) is 4.87. The molecule has 0 atom stereocenters. The van der Waals surface area contributed by atoms with E-state index >= 15 is 0 Å². The van der Waals surface area contributed by atoms with Crippen LogP contribution in [0.2, 0.25) is 5.02 Å². The van der Waals surface area contributed by atoms with E-state index in [2.05, 4.69) is 17.2 Å². The van der Waals surface area contributed by atoms with Crippen molar-refractivity contribution in [2.45, 2.75) is 6.92 Å². The van der Waals surface area contributed by atoms with Gasteiger partial charge in [0.05, 0.1) is 11.6 Å². The van der Waals surface area contributed by atoms with Gasteiger partial charge in [-0.05, 0) is 12.1 Å². The number of hydrogen-bond acceptors (Lipinski definition) is 2. The molecule has 1 rings (SSSR count). The molecule has 0 saturated heterocycles. The van der Waals surface area contributed by atoms with Crippen LogP contribution in [0, 0.1) is 11.8 Å². The maximum atomic E-state index is 10.6. The summed E-state index contributed by atoms with van der Waals surface area (Å²) < 4.78 is 0. The number of aldehydes is 1. The first-order chi connectivity index (χ1) is 7.63. The number of hydrogen-bond donors (Lipinski definition) is 1. The van der Waals surface area contributed by atoms with Crippen LogP contribution in [0.25, 0.3) is 0 Å². The van der Waals surface area contributed by atoms with Crippen molar-refractivity contribution in [1.82, 2.24) is 5.32 Å². The highest BCUT2D eigenvalue weighted by molar-refractivity contribution is 6.32. The Bertz CT molecular complexity index is 472. The highest BCUT2D eigenvalue weighted by Crippen LogP contribution is 2.15. The topological polar surface area (TPSA) is 46.2 Å². The van der Waals surface area contributed by atoms with Crippen LogP contribution in [0.1, 0.15) is 22.8 Å². The Morgan fingerprint density at radius 3 is 2.88 bits per heavy atom. The van der Waals surface area contributed by atoms with E-state index in [1.54, 1.807) is 18.2 Å². The molecule has 0 saturated carbocycles. The summed E-state index contributed by atoms with van der Waals surface area (Å²) in [5, 5.41) is 2.98. The van der Waals surface area contributed by atoms with Gasteiger partial charge in [-0.1, -0.05) is 29.5 Å². The second-order valence-electron chi connectivity index (χ2n) is 3.07. The van der Waals surface area contributed by atoms with Crippen molar-refractivity contribution in [3.05, 3.63) is 34.3 Å². The highest BCUT2D eigenvalue weighted by Gasteiger charge is 1.98. The molecule has 0 unspecified atom stereocenters. The molecule has 1 N–H and O–H groups in total. The summed E-state index contributed by atoms with van der Waals surface area (Å²) in [4.78, 5) is 21.0. The van der Waals surface area contributed by atoms with Gasteiger partial charge in [-0.2, -0.15) is 0 Å². The number of benzene rings is 1. The van der Waals surface area contributed by atoms with Crippen LogP contribution in [0.4, 0.5) is 0 Å². The van der Waals surface area contributed by atoms with E-state index in [-0.39, 0.29) is 12.5 Å². The molecule has 0 aliphatic heterocycles. The van der Waals surface area contributed by atoms with Gasteiger partial charge in [0.25, 0.3) is 0 Å². The first-order valence-corrected chi connectivity index (χ1v) is 4.99. The molecule has 16 heavy (non-hydrogen) atoms. The number of nitrogens with one attached hydrogen (secondary N) is 1. The SMILES string of the molecule is CC(=O)NCC#Cc1ccc(C=O)cc1Cl. The maximum Gasteiger partial charge on any atom is 0.217 e. The molecule has 1 aromatic carbocycles. The third-order valence-corrected chi connectivity index (χ3v) is 2.09. The summed E-state index contributed by atoms with van der Waals surface area (Å²) in [5.41, 5.74) is 1.15. The predicted octanol–water partition coefficient (Wildman–Crippen LogP) is 1.64. The van der Waals surface area contributed by atoms with Gasteiger partial charge in [0.15, 0.2) is 0 Å². The Balaban J connectivity index is 2.73. The molecule has 0 bridgehead atoms. The number of rotatable bonds is 2. The predicted molar refractivity (Wildman–Crippen MR) is 62.4 cm³/mol. The molecule has 0 aromatic heterocycles. The first kappa shape index (κ1) is 12.3. The smallest absolute Gasteiger partial charge is 0.217 e. The molecule has 1 aromatic rings. The normalized spacial score (nSPS) is 8.88. The molecule has 3 nitrogen and oxygen atoms in total. The van der Waals surface area contributed by atoms with E-state index in [0.29, 0.717) is 16.1 Å². The number of carbonyl (C=O) groups excluding carboxylic acids is 2. The molecule has 0 spiro atoms. The highest BCUT2D eigenvalue weighted by atomic mass is 35.5. The Labute approximate surface area is 98.8 Å². The zero-order chi connectivity index (χ0) is 12.0. The Morgan fingerprint density at radius 2 is 2.31 bits per heavy atom. The standard InChI is InChI=1S/C12H10ClNO2/c1-9(16)14-6-2-3-11-5-4-10(8-15)7-12(11)13/h4-5,7-8H,6H2,1H3,(H,14,16). The van der Waals surface area contributed by atoms with Crippen molar-refractivity contribution in [2.24, 2.45) is 0 Å². The lowest BCUT2D eigenvalue weighted by molar-refractivity contribution is -0.118. The molecule has 0 aliphatic rings. The fourth-order valence-corrected chi connectivity index (χ4v) is 1.25. The van der Waals surface area contributed by atoms with Crippen molar-refractivity contribution in [1.29, 1.82) is 0 Å². The van der Waals surface area contributed by atoms with E-state index in [1.165, 1.54) is 6.92 Å². The summed E-state index contributed by atoms with van der Waals surface area (Å²) in [7, 11) is 0. The summed E-state index contributed by atoms with van der Waals surface area (Å²) in [6.07, 6.45) is 0.723. The van der Waals surface area contributed by atoms with Gasteiger partial charge >= 0.3 is 0 Å². The average Bonchev–Trinajstić information content (AvgIpc) is 2.25. The molecule has 0 heterocycles. The van der Waals surface area contributed by atoms with Gasteiger partial charge in [-0.3, -0.25) is 9.59 Å². The Morgan fingerprint density at radius 1 is 1.56 bits per heavy atom. The van der Waals surface area contributed by atoms with Crippen molar-refractivity contribution in [2.75, 3.05) is 6.54 Å². The van der Waals surface area contributed by atoms with E-state index < -0.39 is 0 Å². The maximum absolute atomic E-state index is 10.6. The summed E-state index contributed by atoms with van der Waals surface area (Å²) >= 11 is 5.90. The molecule has 4 heteroatoms. The zero-order valence-electron chi connectivity index (χ0n) is 8.71. The fraction of sp³-hybridized carbons (Fsp3) is 0.167. The van der Waals surface area contributed by atoms with Crippen LogP contribution in [0.3, 0.4) is 0 Å². The van der Waals surface area contributed by atoms with Crippen molar-refractivity contribution >= 4 is 23.8 Å². The summed E-state index contributed by atoms with van der Waals surface area (Å²) in [5.74, 6) is 5.44. The monoisotopic (exact) mass is 235 g/mol. The van der Waals surface area contributed by atoms with Crippen LogP contribution in [0.15, 0.2) is 18.2 Å². The van der Waals surface area contributed by atoms with E-state index in [4.69, 9.17) is 11.6 Å². The number of carbonyl (C=O) groups is 2. The van der Waals surface area contributed by atoms with Gasteiger partial charge in [0.2, 0.25) is 5.91 Å². The second kappa shape index (κ2) is 5.94. The third kappa shape index (κ3) is 3.76. The third-order valence-electron chi connectivity index (χ3n) is 1.78. The second-order valence-corrected chi connectivity index (χ2v) is 3.48. The number of amides is 1. The van der Waals surface area contributed by atoms with Crippen LogP contribution in [0.5, 0.6) is 0 Å². The van der Waals surface area contributed by atoms with E-state index in [1.807, 2.05) is 0 Å². The average molecular weight is 236 g/mol. The molecule has 0 aliphatic carbocycles. The van der Waals surface area contributed by atoms with Crippen LogP contribution >= 0.6 is 11.6 Å². The van der Waals surface area contributed by atoms with Gasteiger partial charge in [0.1, 0.15) is 6.29 Å². The van der Waals surface area contributed by atoms with E-state index in [9.17, 15) is 9.59 Å². The van der Waals surface area contributed by atoms with Gasteiger partial charge in [-0.15, -0.1) is 0 Å².